The van der Waals surface area contributed by atoms with E-state index in [4.69, 9.17) is 0 Å². The minimum absolute atomic E-state index is 1.19. The van der Waals surface area contributed by atoms with Crippen molar-refractivity contribution in [2.24, 2.45) is 0 Å². The van der Waals surface area contributed by atoms with Gasteiger partial charge < -0.3 is 0 Å². The third kappa shape index (κ3) is 3.95. The van der Waals surface area contributed by atoms with Crippen LogP contribution in [-0.2, 0) is 12.8 Å². The summed E-state index contributed by atoms with van der Waals surface area (Å²) in [7, 11) is 0. The lowest BCUT2D eigenvalue weighted by Gasteiger charge is -2.02. The average molecular weight is 189 g/mol. The molecule has 0 bridgehead atoms. The Morgan fingerprint density at radius 3 is 2.29 bits per heavy atom. The van der Waals surface area contributed by atoms with E-state index in [0.717, 1.165) is 0 Å². The van der Waals surface area contributed by atoms with Crippen LogP contribution in [0.3, 0.4) is 0 Å². The van der Waals surface area contributed by atoms with Crippen LogP contribution in [0.5, 0.6) is 0 Å². The molecule has 0 unspecified atom stereocenters. The average Bonchev–Trinajstić information content (AvgIpc) is 2.25. The molecule has 0 fully saturated rings. The summed E-state index contributed by atoms with van der Waals surface area (Å²) in [6, 6.07) is 10.0. The van der Waals surface area contributed by atoms with Crippen LogP contribution in [0.15, 0.2) is 18.2 Å². The zero-order chi connectivity index (χ0) is 10.2. The van der Waals surface area contributed by atoms with Crippen molar-refractivity contribution in [2.45, 2.75) is 52.4 Å². The van der Waals surface area contributed by atoms with Gasteiger partial charge in [0.05, 0.1) is 0 Å². The molecule has 1 aromatic rings. The summed E-state index contributed by atoms with van der Waals surface area (Å²) in [5, 5.41) is 0. The predicted octanol–water partition coefficient (Wildman–Crippen LogP) is 4.17. The molecule has 0 aliphatic carbocycles. The molecule has 0 aromatic heterocycles. The first-order chi connectivity index (χ1) is 6.86. The molecule has 0 saturated carbocycles. The number of unbranched alkanes of at least 4 members (excludes halogenated alkanes) is 2. The van der Waals surface area contributed by atoms with Gasteiger partial charge in [-0.15, -0.1) is 0 Å². The van der Waals surface area contributed by atoms with Gasteiger partial charge in [0.2, 0.25) is 0 Å². The zero-order valence-corrected chi connectivity index (χ0v) is 9.47. The van der Waals surface area contributed by atoms with Crippen molar-refractivity contribution < 1.29 is 0 Å². The summed E-state index contributed by atoms with van der Waals surface area (Å²) in [6.45, 7) is 4.47. The SMILES string of the molecule is CCCCc1[c]cc(CCCC)cc1. The van der Waals surface area contributed by atoms with Gasteiger partial charge in [0.1, 0.15) is 0 Å². The van der Waals surface area contributed by atoms with E-state index < -0.39 is 0 Å². The second-order valence-electron chi connectivity index (χ2n) is 3.93. The van der Waals surface area contributed by atoms with E-state index in [-0.39, 0.29) is 0 Å². The summed E-state index contributed by atoms with van der Waals surface area (Å²) < 4.78 is 0. The molecular weight excluding hydrogens is 168 g/mol. The number of aryl methyl sites for hydroxylation is 2. The molecule has 0 aliphatic heterocycles. The number of hydrogen-bond acceptors (Lipinski definition) is 0. The van der Waals surface area contributed by atoms with Crippen LogP contribution in [-0.4, -0.2) is 0 Å². The highest BCUT2D eigenvalue weighted by atomic mass is 14.0. The van der Waals surface area contributed by atoms with Gasteiger partial charge in [-0.3, -0.25) is 0 Å². The lowest BCUT2D eigenvalue weighted by molar-refractivity contribution is 0.785. The van der Waals surface area contributed by atoms with Gasteiger partial charge in [0.15, 0.2) is 0 Å². The first kappa shape index (κ1) is 11.3. The maximum atomic E-state index is 3.38. The number of benzene rings is 1. The quantitative estimate of drug-likeness (QED) is 0.630. The molecule has 1 aromatic carbocycles. The molecule has 0 saturated heterocycles. The fraction of sp³-hybridized carbons (Fsp3) is 0.571. The third-order valence-corrected chi connectivity index (χ3v) is 2.56. The van der Waals surface area contributed by atoms with Gasteiger partial charge in [0, 0.05) is 0 Å². The molecule has 14 heavy (non-hydrogen) atoms. The van der Waals surface area contributed by atoms with E-state index in [1.807, 2.05) is 0 Å². The Balaban J connectivity index is 2.42. The van der Waals surface area contributed by atoms with Crippen LogP contribution < -0.4 is 0 Å². The lowest BCUT2D eigenvalue weighted by Crippen LogP contribution is -1.88. The standard InChI is InChI=1S/C14H21/c1-3-5-7-13-9-11-14(12-10-13)8-6-4-2/h9-11H,3-8H2,1-2H3. The van der Waals surface area contributed by atoms with E-state index in [1.54, 1.807) is 0 Å². The van der Waals surface area contributed by atoms with Crippen LogP contribution in [0.1, 0.15) is 50.7 Å². The van der Waals surface area contributed by atoms with Gasteiger partial charge >= 0.3 is 0 Å². The van der Waals surface area contributed by atoms with Crippen molar-refractivity contribution in [3.63, 3.8) is 0 Å². The lowest BCUT2D eigenvalue weighted by atomic mass is 10.0. The highest BCUT2D eigenvalue weighted by Gasteiger charge is 1.94. The number of hydrogen-bond donors (Lipinski definition) is 0. The summed E-state index contributed by atoms with van der Waals surface area (Å²) in [5.74, 6) is 0. The molecule has 0 heteroatoms. The van der Waals surface area contributed by atoms with Crippen LogP contribution in [0.2, 0.25) is 0 Å². The maximum Gasteiger partial charge on any atom is -0.0146 e. The van der Waals surface area contributed by atoms with E-state index in [0.29, 0.717) is 0 Å². The maximum absolute atomic E-state index is 3.38. The fourth-order valence-electron chi connectivity index (χ4n) is 1.55. The van der Waals surface area contributed by atoms with Crippen LogP contribution in [0.25, 0.3) is 0 Å². The van der Waals surface area contributed by atoms with E-state index in [1.165, 1.54) is 49.7 Å². The Labute approximate surface area is 88.4 Å². The minimum Gasteiger partial charge on any atom is -0.0654 e. The van der Waals surface area contributed by atoms with E-state index in [2.05, 4.69) is 38.1 Å². The van der Waals surface area contributed by atoms with Crippen LogP contribution >= 0.6 is 0 Å². The van der Waals surface area contributed by atoms with Crippen LogP contribution in [0, 0.1) is 6.07 Å². The van der Waals surface area contributed by atoms with Gasteiger partial charge in [-0.2, -0.15) is 0 Å². The monoisotopic (exact) mass is 189 g/mol. The zero-order valence-electron chi connectivity index (χ0n) is 9.47. The Morgan fingerprint density at radius 2 is 1.71 bits per heavy atom. The van der Waals surface area contributed by atoms with E-state index in [9.17, 15) is 0 Å². The molecule has 77 valence electrons. The van der Waals surface area contributed by atoms with Gasteiger partial charge in [-0.05, 0) is 42.9 Å². The molecule has 1 radical (unpaired) electrons. The fourth-order valence-corrected chi connectivity index (χ4v) is 1.55. The second-order valence-corrected chi connectivity index (χ2v) is 3.93. The van der Waals surface area contributed by atoms with Gasteiger partial charge in [-0.25, -0.2) is 0 Å². The highest BCUT2D eigenvalue weighted by molar-refractivity contribution is 5.21. The van der Waals surface area contributed by atoms with Crippen molar-refractivity contribution in [3.05, 3.63) is 35.4 Å². The normalized spacial score (nSPS) is 10.4. The predicted molar refractivity (Wildman–Crippen MR) is 62.5 cm³/mol. The first-order valence-corrected chi connectivity index (χ1v) is 5.86. The van der Waals surface area contributed by atoms with Crippen LogP contribution in [0.4, 0.5) is 0 Å². The summed E-state index contributed by atoms with van der Waals surface area (Å²) >= 11 is 0. The van der Waals surface area contributed by atoms with Crippen molar-refractivity contribution in [3.8, 4) is 0 Å². The smallest absolute Gasteiger partial charge is 0.0146 e. The van der Waals surface area contributed by atoms with Crippen molar-refractivity contribution >= 4 is 0 Å². The molecule has 1 rings (SSSR count). The highest BCUT2D eigenvalue weighted by Crippen LogP contribution is 2.09. The molecule has 0 spiro atoms. The Bertz CT molecular complexity index is 206. The first-order valence-electron chi connectivity index (χ1n) is 5.86. The van der Waals surface area contributed by atoms with Gasteiger partial charge in [-0.1, -0.05) is 44.9 Å². The molecule has 0 nitrogen and oxygen atoms in total. The Morgan fingerprint density at radius 1 is 1.00 bits per heavy atom. The minimum atomic E-state index is 1.19. The van der Waals surface area contributed by atoms with Crippen molar-refractivity contribution in [1.29, 1.82) is 0 Å². The molecule has 0 aliphatic rings. The Hall–Kier alpha value is -0.780. The van der Waals surface area contributed by atoms with Crippen molar-refractivity contribution in [1.82, 2.24) is 0 Å². The summed E-state index contributed by atoms with van der Waals surface area (Å²) in [5.41, 5.74) is 2.80. The molecule has 0 N–H and O–H groups in total. The van der Waals surface area contributed by atoms with Gasteiger partial charge in [0.25, 0.3) is 0 Å². The van der Waals surface area contributed by atoms with Crippen molar-refractivity contribution in [2.75, 3.05) is 0 Å². The number of rotatable bonds is 6. The largest absolute Gasteiger partial charge is 0.0654 e. The molecule has 0 amide bonds. The second kappa shape index (κ2) is 6.64. The topological polar surface area (TPSA) is 0 Å². The summed E-state index contributed by atoms with van der Waals surface area (Å²) in [4.78, 5) is 0. The Kier molecular flexibility index (Phi) is 5.36. The van der Waals surface area contributed by atoms with E-state index >= 15 is 0 Å². The molecular formula is C14H21. The molecule has 0 atom stereocenters. The summed E-state index contributed by atoms with van der Waals surface area (Å²) in [6.07, 6.45) is 7.52. The molecule has 0 heterocycles. The third-order valence-electron chi connectivity index (χ3n) is 2.56.